The van der Waals surface area contributed by atoms with E-state index >= 15 is 0 Å². The van der Waals surface area contributed by atoms with E-state index in [4.69, 9.17) is 0 Å². The number of hydrogen-bond acceptors (Lipinski definition) is 5. The number of benzene rings is 1. The molecule has 134 valence electrons. The summed E-state index contributed by atoms with van der Waals surface area (Å²) in [6, 6.07) is 10.4. The van der Waals surface area contributed by atoms with E-state index in [1.807, 2.05) is 12.1 Å². The number of para-hydroxylation sites is 1. The molecule has 1 aromatic carbocycles. The van der Waals surface area contributed by atoms with E-state index in [0.29, 0.717) is 18.7 Å². The maximum Gasteiger partial charge on any atom is 0.276 e. The molecular weight excluding hydrogens is 332 g/mol. The molecule has 1 aliphatic heterocycles. The first kappa shape index (κ1) is 17.8. The average molecular weight is 352 g/mol. The van der Waals surface area contributed by atoms with Crippen molar-refractivity contribution in [1.29, 1.82) is 0 Å². The van der Waals surface area contributed by atoms with Crippen LogP contribution in [0, 0.1) is 10.1 Å². The van der Waals surface area contributed by atoms with Gasteiger partial charge in [-0.25, -0.2) is 0 Å². The predicted molar refractivity (Wildman–Crippen MR) is 98.2 cm³/mol. The SMILES string of the molecule is O=C(/C=C/c1ccccc1[N+](=O)[O-])N1CCN(Cc2ccncc2)CC1. The van der Waals surface area contributed by atoms with Gasteiger partial charge in [0.1, 0.15) is 0 Å². The number of carbonyl (C=O) groups excluding carboxylic acids is 1. The second-order valence-corrected chi connectivity index (χ2v) is 6.11. The van der Waals surface area contributed by atoms with Crippen molar-refractivity contribution in [1.82, 2.24) is 14.8 Å². The molecule has 0 bridgehead atoms. The molecule has 7 heteroatoms. The molecule has 1 saturated heterocycles. The van der Waals surface area contributed by atoms with Crippen LogP contribution < -0.4 is 0 Å². The fourth-order valence-electron chi connectivity index (χ4n) is 2.93. The van der Waals surface area contributed by atoms with Crippen molar-refractivity contribution in [3.05, 3.63) is 76.1 Å². The Morgan fingerprint density at radius 2 is 1.81 bits per heavy atom. The lowest BCUT2D eigenvalue weighted by Gasteiger charge is -2.34. The number of aromatic nitrogens is 1. The van der Waals surface area contributed by atoms with Gasteiger partial charge in [-0.15, -0.1) is 0 Å². The number of piperazine rings is 1. The number of rotatable bonds is 5. The molecule has 2 heterocycles. The van der Waals surface area contributed by atoms with Crippen molar-refractivity contribution in [2.75, 3.05) is 26.2 Å². The first-order chi connectivity index (χ1) is 12.6. The van der Waals surface area contributed by atoms with E-state index in [0.717, 1.165) is 19.6 Å². The van der Waals surface area contributed by atoms with E-state index in [1.165, 1.54) is 23.8 Å². The van der Waals surface area contributed by atoms with Crippen LogP contribution in [-0.4, -0.2) is 51.8 Å². The molecule has 0 N–H and O–H groups in total. The lowest BCUT2D eigenvalue weighted by molar-refractivity contribution is -0.385. The van der Waals surface area contributed by atoms with Crippen molar-refractivity contribution in [2.24, 2.45) is 0 Å². The number of carbonyl (C=O) groups is 1. The Bertz CT molecular complexity index is 799. The molecule has 26 heavy (non-hydrogen) atoms. The average Bonchev–Trinajstić information content (AvgIpc) is 2.67. The van der Waals surface area contributed by atoms with Crippen LogP contribution in [0.25, 0.3) is 6.08 Å². The summed E-state index contributed by atoms with van der Waals surface area (Å²) in [7, 11) is 0. The lowest BCUT2D eigenvalue weighted by atomic mass is 10.1. The fourth-order valence-corrected chi connectivity index (χ4v) is 2.93. The lowest BCUT2D eigenvalue weighted by Crippen LogP contribution is -2.47. The second kappa shape index (κ2) is 8.35. The van der Waals surface area contributed by atoms with Crippen molar-refractivity contribution < 1.29 is 9.72 Å². The van der Waals surface area contributed by atoms with Crippen molar-refractivity contribution in [2.45, 2.75) is 6.54 Å². The van der Waals surface area contributed by atoms with Gasteiger partial charge < -0.3 is 4.90 Å². The predicted octanol–water partition coefficient (Wildman–Crippen LogP) is 2.35. The van der Waals surface area contributed by atoms with Gasteiger partial charge in [-0.3, -0.25) is 24.8 Å². The quantitative estimate of drug-likeness (QED) is 0.469. The topological polar surface area (TPSA) is 79.6 Å². The van der Waals surface area contributed by atoms with Gasteiger partial charge in [0.15, 0.2) is 0 Å². The summed E-state index contributed by atoms with van der Waals surface area (Å²) >= 11 is 0. The highest BCUT2D eigenvalue weighted by atomic mass is 16.6. The summed E-state index contributed by atoms with van der Waals surface area (Å²) in [5.74, 6) is -0.119. The maximum atomic E-state index is 12.4. The van der Waals surface area contributed by atoms with Crippen LogP contribution in [0.15, 0.2) is 54.9 Å². The van der Waals surface area contributed by atoms with Gasteiger partial charge in [0.25, 0.3) is 5.69 Å². The number of nitro groups is 1. The molecule has 0 saturated carbocycles. The zero-order valence-corrected chi connectivity index (χ0v) is 14.3. The number of amides is 1. The molecule has 1 fully saturated rings. The molecule has 0 radical (unpaired) electrons. The number of hydrogen-bond donors (Lipinski definition) is 0. The second-order valence-electron chi connectivity index (χ2n) is 6.11. The van der Waals surface area contributed by atoms with E-state index in [1.54, 1.807) is 35.5 Å². The highest BCUT2D eigenvalue weighted by Gasteiger charge is 2.20. The van der Waals surface area contributed by atoms with Crippen LogP contribution in [-0.2, 0) is 11.3 Å². The maximum absolute atomic E-state index is 12.4. The first-order valence-electron chi connectivity index (χ1n) is 8.45. The van der Waals surface area contributed by atoms with Crippen molar-refractivity contribution >= 4 is 17.7 Å². The van der Waals surface area contributed by atoms with E-state index < -0.39 is 4.92 Å². The van der Waals surface area contributed by atoms with Gasteiger partial charge in [0.2, 0.25) is 5.91 Å². The van der Waals surface area contributed by atoms with Gasteiger partial charge in [-0.2, -0.15) is 0 Å². The zero-order valence-electron chi connectivity index (χ0n) is 14.3. The van der Waals surface area contributed by atoms with Crippen LogP contribution in [0.5, 0.6) is 0 Å². The molecule has 0 aliphatic carbocycles. The molecule has 0 unspecified atom stereocenters. The smallest absolute Gasteiger partial charge is 0.276 e. The van der Waals surface area contributed by atoms with Gasteiger partial charge in [0.05, 0.1) is 10.5 Å². The third-order valence-electron chi connectivity index (χ3n) is 4.38. The Morgan fingerprint density at radius 1 is 1.12 bits per heavy atom. The molecule has 1 amide bonds. The minimum atomic E-state index is -0.442. The summed E-state index contributed by atoms with van der Waals surface area (Å²) in [5, 5.41) is 11.0. The van der Waals surface area contributed by atoms with Gasteiger partial charge in [0, 0.05) is 57.3 Å². The van der Waals surface area contributed by atoms with Crippen molar-refractivity contribution in [3.8, 4) is 0 Å². The standard InChI is InChI=1S/C19H20N4O3/c24-19(6-5-17-3-1-2-4-18(17)23(25)26)22-13-11-21(12-14-22)15-16-7-9-20-10-8-16/h1-10H,11-15H2/b6-5+. The van der Waals surface area contributed by atoms with Crippen LogP contribution in [0.2, 0.25) is 0 Å². The monoisotopic (exact) mass is 352 g/mol. The van der Waals surface area contributed by atoms with Crippen LogP contribution >= 0.6 is 0 Å². The summed E-state index contributed by atoms with van der Waals surface area (Å²) in [6.07, 6.45) is 6.50. The molecule has 0 atom stereocenters. The minimum absolute atomic E-state index is 0.00118. The summed E-state index contributed by atoms with van der Waals surface area (Å²) in [6.45, 7) is 3.73. The molecule has 1 aromatic heterocycles. The molecule has 2 aromatic rings. The highest BCUT2D eigenvalue weighted by Crippen LogP contribution is 2.19. The minimum Gasteiger partial charge on any atom is -0.337 e. The Morgan fingerprint density at radius 3 is 2.50 bits per heavy atom. The number of pyridine rings is 1. The van der Waals surface area contributed by atoms with Crippen LogP contribution in [0.1, 0.15) is 11.1 Å². The summed E-state index contributed by atoms with van der Waals surface area (Å²) in [4.78, 5) is 31.0. The number of nitrogens with zero attached hydrogens (tertiary/aromatic N) is 4. The van der Waals surface area contributed by atoms with Crippen molar-refractivity contribution in [3.63, 3.8) is 0 Å². The summed E-state index contributed by atoms with van der Waals surface area (Å²) in [5.41, 5.74) is 1.64. The van der Waals surface area contributed by atoms with Gasteiger partial charge >= 0.3 is 0 Å². The third kappa shape index (κ3) is 4.52. The van der Waals surface area contributed by atoms with Crippen LogP contribution in [0.4, 0.5) is 5.69 Å². The Hall–Kier alpha value is -3.06. The van der Waals surface area contributed by atoms with Gasteiger partial charge in [-0.05, 0) is 29.8 Å². The highest BCUT2D eigenvalue weighted by molar-refractivity contribution is 5.92. The van der Waals surface area contributed by atoms with E-state index in [2.05, 4.69) is 9.88 Å². The number of nitro benzene ring substituents is 1. The molecule has 3 rings (SSSR count). The largest absolute Gasteiger partial charge is 0.337 e. The first-order valence-corrected chi connectivity index (χ1v) is 8.45. The zero-order chi connectivity index (χ0) is 18.4. The fraction of sp³-hybridized carbons (Fsp3) is 0.263. The van der Waals surface area contributed by atoms with E-state index in [9.17, 15) is 14.9 Å². The van der Waals surface area contributed by atoms with Gasteiger partial charge in [-0.1, -0.05) is 12.1 Å². The third-order valence-corrected chi connectivity index (χ3v) is 4.38. The molecular formula is C19H20N4O3. The normalized spacial score (nSPS) is 15.3. The summed E-state index contributed by atoms with van der Waals surface area (Å²) < 4.78 is 0. The Labute approximate surface area is 151 Å². The van der Waals surface area contributed by atoms with Crippen LogP contribution in [0.3, 0.4) is 0 Å². The molecule has 7 nitrogen and oxygen atoms in total. The van der Waals surface area contributed by atoms with E-state index in [-0.39, 0.29) is 11.6 Å². The molecule has 1 aliphatic rings. The Kier molecular flexibility index (Phi) is 5.70. The molecule has 0 spiro atoms. The Balaban J connectivity index is 1.55.